The standard InChI is InChI=1S/C15H15N5/c1-9(10-3-2-6-18-8-10)14-12-5-4-11(16)7-13(12)19-15(17)20-14/h2-9H,16H2,1H3,(H2,17,19,20). The predicted octanol–water partition coefficient (Wildman–Crippen LogP) is 2.34. The summed E-state index contributed by atoms with van der Waals surface area (Å²) >= 11 is 0. The van der Waals surface area contributed by atoms with Crippen molar-refractivity contribution in [3.63, 3.8) is 0 Å². The Bertz CT molecular complexity index is 750. The van der Waals surface area contributed by atoms with Crippen molar-refractivity contribution in [3.05, 3.63) is 54.0 Å². The molecule has 1 atom stereocenters. The van der Waals surface area contributed by atoms with Gasteiger partial charge in [0.05, 0.1) is 11.2 Å². The maximum Gasteiger partial charge on any atom is 0.220 e. The minimum atomic E-state index is 0.0834. The molecule has 3 aromatic rings. The highest BCUT2D eigenvalue weighted by atomic mass is 15.0. The van der Waals surface area contributed by atoms with Crippen molar-refractivity contribution in [1.82, 2.24) is 15.0 Å². The van der Waals surface area contributed by atoms with Crippen LogP contribution < -0.4 is 11.5 Å². The second-order valence-corrected chi connectivity index (χ2v) is 4.75. The molecule has 4 N–H and O–H groups in total. The van der Waals surface area contributed by atoms with Crippen molar-refractivity contribution in [2.24, 2.45) is 0 Å². The number of hydrogen-bond acceptors (Lipinski definition) is 5. The number of benzene rings is 1. The first kappa shape index (κ1) is 12.3. The summed E-state index contributed by atoms with van der Waals surface area (Å²) in [6.45, 7) is 2.08. The summed E-state index contributed by atoms with van der Waals surface area (Å²) in [6, 6.07) is 9.54. The summed E-state index contributed by atoms with van der Waals surface area (Å²) in [5.41, 5.74) is 15.0. The number of nitrogens with zero attached hydrogens (tertiary/aromatic N) is 3. The highest BCUT2D eigenvalue weighted by molar-refractivity contribution is 5.85. The monoisotopic (exact) mass is 265 g/mol. The van der Waals surface area contributed by atoms with Crippen molar-refractivity contribution in [2.45, 2.75) is 12.8 Å². The van der Waals surface area contributed by atoms with E-state index in [0.29, 0.717) is 5.69 Å². The van der Waals surface area contributed by atoms with Crippen LogP contribution >= 0.6 is 0 Å². The summed E-state index contributed by atoms with van der Waals surface area (Å²) in [7, 11) is 0. The van der Waals surface area contributed by atoms with Crippen LogP contribution in [0.2, 0.25) is 0 Å². The molecule has 0 saturated carbocycles. The molecule has 1 aromatic carbocycles. The lowest BCUT2D eigenvalue weighted by atomic mass is 9.96. The lowest BCUT2D eigenvalue weighted by Crippen LogP contribution is -2.05. The normalized spacial score (nSPS) is 12.4. The maximum atomic E-state index is 5.81. The number of pyridine rings is 1. The SMILES string of the molecule is CC(c1cccnc1)c1nc(N)nc2cc(N)ccc12. The average molecular weight is 265 g/mol. The summed E-state index contributed by atoms with van der Waals surface area (Å²) in [4.78, 5) is 12.8. The number of rotatable bonds is 2. The first-order valence-electron chi connectivity index (χ1n) is 6.37. The molecule has 5 nitrogen and oxygen atoms in total. The second kappa shape index (κ2) is 4.77. The van der Waals surface area contributed by atoms with Crippen LogP contribution in [0.15, 0.2) is 42.7 Å². The predicted molar refractivity (Wildman–Crippen MR) is 80.1 cm³/mol. The van der Waals surface area contributed by atoms with Crippen LogP contribution in [0.1, 0.15) is 24.1 Å². The van der Waals surface area contributed by atoms with Gasteiger partial charge in [-0.3, -0.25) is 4.98 Å². The van der Waals surface area contributed by atoms with Gasteiger partial charge in [-0.25, -0.2) is 9.97 Å². The fourth-order valence-corrected chi connectivity index (χ4v) is 2.31. The summed E-state index contributed by atoms with van der Waals surface area (Å²) in [5, 5.41) is 0.963. The molecule has 0 aliphatic rings. The Morgan fingerprint density at radius 3 is 2.70 bits per heavy atom. The number of nitrogen functional groups attached to an aromatic ring is 2. The molecule has 3 rings (SSSR count). The molecule has 0 radical (unpaired) electrons. The van der Waals surface area contributed by atoms with E-state index in [1.54, 1.807) is 6.20 Å². The van der Waals surface area contributed by atoms with Gasteiger partial charge in [-0.15, -0.1) is 0 Å². The molecule has 20 heavy (non-hydrogen) atoms. The number of nitrogens with two attached hydrogens (primary N) is 2. The molecule has 0 saturated heterocycles. The van der Waals surface area contributed by atoms with Gasteiger partial charge in [-0.05, 0) is 29.8 Å². The van der Waals surface area contributed by atoms with Gasteiger partial charge in [0.1, 0.15) is 0 Å². The van der Waals surface area contributed by atoms with Gasteiger partial charge in [-0.1, -0.05) is 13.0 Å². The Kier molecular flexibility index (Phi) is 2.95. The second-order valence-electron chi connectivity index (χ2n) is 4.75. The third-order valence-electron chi connectivity index (χ3n) is 3.36. The number of hydrogen-bond donors (Lipinski definition) is 2. The Labute approximate surface area is 116 Å². The van der Waals surface area contributed by atoms with Crippen molar-refractivity contribution in [1.29, 1.82) is 0 Å². The minimum Gasteiger partial charge on any atom is -0.399 e. The third kappa shape index (κ3) is 2.14. The molecule has 0 bridgehead atoms. The Balaban J connectivity index is 2.20. The van der Waals surface area contributed by atoms with E-state index < -0.39 is 0 Å². The summed E-state index contributed by atoms with van der Waals surface area (Å²) in [6.07, 6.45) is 3.59. The van der Waals surface area contributed by atoms with E-state index in [4.69, 9.17) is 11.5 Å². The molecular weight excluding hydrogens is 250 g/mol. The lowest BCUT2D eigenvalue weighted by molar-refractivity contribution is 0.873. The van der Waals surface area contributed by atoms with E-state index in [9.17, 15) is 0 Å². The number of aromatic nitrogens is 3. The average Bonchev–Trinajstić information content (AvgIpc) is 2.46. The minimum absolute atomic E-state index is 0.0834. The maximum absolute atomic E-state index is 5.81. The van der Waals surface area contributed by atoms with Gasteiger partial charge < -0.3 is 11.5 Å². The van der Waals surface area contributed by atoms with E-state index in [1.807, 2.05) is 36.5 Å². The smallest absolute Gasteiger partial charge is 0.220 e. The van der Waals surface area contributed by atoms with E-state index >= 15 is 0 Å². The first-order valence-corrected chi connectivity index (χ1v) is 6.37. The van der Waals surface area contributed by atoms with Crippen LogP contribution in [0.25, 0.3) is 10.9 Å². The Hall–Kier alpha value is -2.69. The zero-order valence-electron chi connectivity index (χ0n) is 11.1. The quantitative estimate of drug-likeness (QED) is 0.694. The molecule has 0 amide bonds. The fraction of sp³-hybridized carbons (Fsp3) is 0.133. The van der Waals surface area contributed by atoms with Gasteiger partial charge in [0.2, 0.25) is 5.95 Å². The molecule has 5 heteroatoms. The lowest BCUT2D eigenvalue weighted by Gasteiger charge is -2.14. The molecule has 2 heterocycles. The van der Waals surface area contributed by atoms with E-state index in [2.05, 4.69) is 21.9 Å². The van der Waals surface area contributed by atoms with E-state index in [0.717, 1.165) is 22.2 Å². The molecule has 2 aromatic heterocycles. The largest absolute Gasteiger partial charge is 0.399 e. The van der Waals surface area contributed by atoms with Crippen molar-refractivity contribution in [2.75, 3.05) is 11.5 Å². The number of anilines is 2. The van der Waals surface area contributed by atoms with Crippen LogP contribution in [0.5, 0.6) is 0 Å². The van der Waals surface area contributed by atoms with Crippen molar-refractivity contribution in [3.8, 4) is 0 Å². The Morgan fingerprint density at radius 1 is 1.10 bits per heavy atom. The molecule has 0 fully saturated rings. The summed E-state index contributed by atoms with van der Waals surface area (Å²) in [5.74, 6) is 0.342. The van der Waals surface area contributed by atoms with Crippen LogP contribution in [-0.4, -0.2) is 15.0 Å². The third-order valence-corrected chi connectivity index (χ3v) is 3.36. The molecular formula is C15H15N5. The zero-order valence-corrected chi connectivity index (χ0v) is 11.1. The van der Waals surface area contributed by atoms with Gasteiger partial charge in [0, 0.05) is 29.4 Å². The van der Waals surface area contributed by atoms with Crippen LogP contribution in [0, 0.1) is 0 Å². The highest BCUT2D eigenvalue weighted by Crippen LogP contribution is 2.29. The molecule has 0 spiro atoms. The van der Waals surface area contributed by atoms with Gasteiger partial charge >= 0.3 is 0 Å². The zero-order chi connectivity index (χ0) is 14.1. The van der Waals surface area contributed by atoms with Crippen molar-refractivity contribution >= 4 is 22.5 Å². The topological polar surface area (TPSA) is 90.7 Å². The molecule has 1 unspecified atom stereocenters. The fourth-order valence-electron chi connectivity index (χ4n) is 2.31. The molecule has 0 aliphatic carbocycles. The van der Waals surface area contributed by atoms with E-state index in [1.165, 1.54) is 0 Å². The van der Waals surface area contributed by atoms with Crippen molar-refractivity contribution < 1.29 is 0 Å². The molecule has 0 aliphatic heterocycles. The number of fused-ring (bicyclic) bond motifs is 1. The molecule has 100 valence electrons. The van der Waals surface area contributed by atoms with Crippen LogP contribution in [0.4, 0.5) is 11.6 Å². The van der Waals surface area contributed by atoms with Gasteiger partial charge in [0.15, 0.2) is 0 Å². The Morgan fingerprint density at radius 2 is 1.95 bits per heavy atom. The van der Waals surface area contributed by atoms with Gasteiger partial charge in [0.25, 0.3) is 0 Å². The highest BCUT2D eigenvalue weighted by Gasteiger charge is 2.15. The first-order chi connectivity index (χ1) is 9.65. The van der Waals surface area contributed by atoms with E-state index in [-0.39, 0.29) is 11.9 Å². The van der Waals surface area contributed by atoms with Crippen LogP contribution in [-0.2, 0) is 0 Å². The van der Waals surface area contributed by atoms with Crippen LogP contribution in [0.3, 0.4) is 0 Å². The van der Waals surface area contributed by atoms with Gasteiger partial charge in [-0.2, -0.15) is 0 Å². The summed E-state index contributed by atoms with van der Waals surface area (Å²) < 4.78 is 0.